The summed E-state index contributed by atoms with van der Waals surface area (Å²) in [4.78, 5) is 2.40. The first kappa shape index (κ1) is 14.9. The Hall–Kier alpha value is -0.120. The molecule has 1 rings (SSSR count). The van der Waals surface area contributed by atoms with Crippen molar-refractivity contribution in [3.8, 4) is 0 Å². The normalized spacial score (nSPS) is 29.8. The molecule has 102 valence electrons. The lowest BCUT2D eigenvalue weighted by Crippen LogP contribution is -2.45. The predicted octanol–water partition coefficient (Wildman–Crippen LogP) is 2.25. The summed E-state index contributed by atoms with van der Waals surface area (Å²) in [6.45, 7) is 11.5. The van der Waals surface area contributed by atoms with Gasteiger partial charge in [0, 0.05) is 13.1 Å². The molecule has 0 unspecified atom stereocenters. The second kappa shape index (κ2) is 7.34. The van der Waals surface area contributed by atoms with Gasteiger partial charge in [-0.05, 0) is 44.7 Å². The van der Waals surface area contributed by atoms with E-state index in [0.717, 1.165) is 45.0 Å². The maximum atomic E-state index is 6.14. The van der Waals surface area contributed by atoms with E-state index in [1.54, 1.807) is 0 Å². The summed E-state index contributed by atoms with van der Waals surface area (Å²) in [5.41, 5.74) is 5.91. The Morgan fingerprint density at radius 2 is 1.82 bits per heavy atom. The lowest BCUT2D eigenvalue weighted by Gasteiger charge is -2.39. The average Bonchev–Trinajstić information content (AvgIpc) is 2.37. The van der Waals surface area contributed by atoms with Crippen LogP contribution >= 0.6 is 0 Å². The van der Waals surface area contributed by atoms with E-state index < -0.39 is 0 Å². The van der Waals surface area contributed by atoms with Crippen molar-refractivity contribution in [2.45, 2.75) is 52.1 Å². The lowest BCUT2D eigenvalue weighted by molar-refractivity contribution is -0.0749. The molecule has 0 aromatic carbocycles. The summed E-state index contributed by atoms with van der Waals surface area (Å²) < 4.78 is 6.14. The van der Waals surface area contributed by atoms with Crippen molar-refractivity contribution in [1.29, 1.82) is 0 Å². The van der Waals surface area contributed by atoms with Crippen LogP contribution in [0.15, 0.2) is 0 Å². The number of nitrogens with zero attached hydrogens (tertiary/aromatic N) is 1. The van der Waals surface area contributed by atoms with Gasteiger partial charge in [0.1, 0.15) is 0 Å². The van der Waals surface area contributed by atoms with E-state index >= 15 is 0 Å². The minimum atomic E-state index is -0.0142. The quantitative estimate of drug-likeness (QED) is 0.744. The Labute approximate surface area is 107 Å². The second-order valence-corrected chi connectivity index (χ2v) is 5.45. The van der Waals surface area contributed by atoms with Crippen molar-refractivity contribution >= 4 is 0 Å². The van der Waals surface area contributed by atoms with E-state index in [-0.39, 0.29) is 5.60 Å². The van der Waals surface area contributed by atoms with Crippen molar-refractivity contribution < 1.29 is 4.74 Å². The van der Waals surface area contributed by atoms with Gasteiger partial charge in [0.2, 0.25) is 0 Å². The van der Waals surface area contributed by atoms with Crippen LogP contribution in [0.25, 0.3) is 0 Å². The van der Waals surface area contributed by atoms with Crippen molar-refractivity contribution in [3.05, 3.63) is 0 Å². The first-order valence-corrected chi connectivity index (χ1v) is 7.22. The zero-order chi connectivity index (χ0) is 12.7. The molecule has 0 aromatic heterocycles. The van der Waals surface area contributed by atoms with Crippen molar-refractivity contribution in [2.24, 2.45) is 11.7 Å². The molecule has 1 aliphatic rings. The van der Waals surface area contributed by atoms with Crippen LogP contribution in [0.1, 0.15) is 46.5 Å². The Bertz CT molecular complexity index is 196. The van der Waals surface area contributed by atoms with Crippen LogP contribution in [0, 0.1) is 5.92 Å². The lowest BCUT2D eigenvalue weighted by atomic mass is 9.79. The highest BCUT2D eigenvalue weighted by Gasteiger charge is 2.33. The Morgan fingerprint density at radius 3 is 2.29 bits per heavy atom. The first-order valence-electron chi connectivity index (χ1n) is 7.22. The molecule has 3 heteroatoms. The van der Waals surface area contributed by atoms with Gasteiger partial charge >= 0.3 is 0 Å². The third kappa shape index (κ3) is 4.57. The fraction of sp³-hybridized carbons (Fsp3) is 1.00. The fourth-order valence-electron chi connectivity index (χ4n) is 2.63. The summed E-state index contributed by atoms with van der Waals surface area (Å²) >= 11 is 0. The van der Waals surface area contributed by atoms with E-state index in [9.17, 15) is 0 Å². The van der Waals surface area contributed by atoms with E-state index in [2.05, 4.69) is 25.7 Å². The highest BCUT2D eigenvalue weighted by Crippen LogP contribution is 2.33. The minimum Gasteiger partial charge on any atom is -0.372 e. The maximum Gasteiger partial charge on any atom is 0.0805 e. The second-order valence-electron chi connectivity index (χ2n) is 5.45. The third-order valence-electron chi connectivity index (χ3n) is 4.27. The van der Waals surface area contributed by atoms with Crippen molar-refractivity contribution in [1.82, 2.24) is 4.90 Å². The largest absolute Gasteiger partial charge is 0.372 e. The fourth-order valence-corrected chi connectivity index (χ4v) is 2.63. The number of hydrogen-bond donors (Lipinski definition) is 1. The van der Waals surface area contributed by atoms with E-state index in [4.69, 9.17) is 10.5 Å². The molecule has 1 aliphatic carbocycles. The summed E-state index contributed by atoms with van der Waals surface area (Å²) in [6.07, 6.45) is 4.82. The first-order chi connectivity index (χ1) is 8.15. The van der Waals surface area contributed by atoms with E-state index in [0.29, 0.717) is 6.54 Å². The van der Waals surface area contributed by atoms with Crippen LogP contribution < -0.4 is 5.73 Å². The molecule has 0 amide bonds. The summed E-state index contributed by atoms with van der Waals surface area (Å²) in [5, 5.41) is 0. The molecule has 2 N–H and O–H groups in total. The molecular formula is C14H30N2O. The van der Waals surface area contributed by atoms with Gasteiger partial charge in [0.15, 0.2) is 0 Å². The van der Waals surface area contributed by atoms with Gasteiger partial charge in [-0.25, -0.2) is 0 Å². The smallest absolute Gasteiger partial charge is 0.0805 e. The molecule has 0 spiro atoms. The van der Waals surface area contributed by atoms with E-state index in [1.165, 1.54) is 12.8 Å². The van der Waals surface area contributed by atoms with Gasteiger partial charge in [-0.3, -0.25) is 0 Å². The van der Waals surface area contributed by atoms with E-state index in [1.807, 2.05) is 0 Å². The molecule has 0 atom stereocenters. The van der Waals surface area contributed by atoms with Crippen LogP contribution in [0.4, 0.5) is 0 Å². The highest BCUT2D eigenvalue weighted by molar-refractivity contribution is 4.87. The summed E-state index contributed by atoms with van der Waals surface area (Å²) in [7, 11) is 0. The van der Waals surface area contributed by atoms with Gasteiger partial charge in [-0.2, -0.15) is 0 Å². The number of ether oxygens (including phenoxy) is 1. The zero-order valence-electron chi connectivity index (χ0n) is 11.9. The SMILES string of the molecule is CCN(CC)CCOC1(CN)CCC(C)CC1. The van der Waals surface area contributed by atoms with Gasteiger partial charge < -0.3 is 15.4 Å². The molecule has 0 heterocycles. The molecule has 17 heavy (non-hydrogen) atoms. The van der Waals surface area contributed by atoms with Crippen LogP contribution in [-0.2, 0) is 4.74 Å². The van der Waals surface area contributed by atoms with Crippen LogP contribution in [0.5, 0.6) is 0 Å². The molecule has 3 nitrogen and oxygen atoms in total. The standard InChI is InChI=1S/C14H30N2O/c1-4-16(5-2)10-11-17-14(12-15)8-6-13(3)7-9-14/h13H,4-12,15H2,1-3H3. The van der Waals surface area contributed by atoms with Crippen LogP contribution in [0.2, 0.25) is 0 Å². The predicted molar refractivity (Wildman–Crippen MR) is 73.2 cm³/mol. The monoisotopic (exact) mass is 242 g/mol. The molecule has 1 saturated carbocycles. The number of likely N-dealkylation sites (N-methyl/N-ethyl adjacent to an activating group) is 1. The Balaban J connectivity index is 2.31. The summed E-state index contributed by atoms with van der Waals surface area (Å²) in [6, 6.07) is 0. The Morgan fingerprint density at radius 1 is 1.24 bits per heavy atom. The molecule has 0 radical (unpaired) electrons. The molecule has 0 aromatic rings. The van der Waals surface area contributed by atoms with Gasteiger partial charge in [-0.1, -0.05) is 20.8 Å². The number of hydrogen-bond acceptors (Lipinski definition) is 3. The molecule has 1 fully saturated rings. The van der Waals surface area contributed by atoms with Crippen molar-refractivity contribution in [3.63, 3.8) is 0 Å². The Kier molecular flexibility index (Phi) is 6.45. The van der Waals surface area contributed by atoms with Gasteiger partial charge in [0.05, 0.1) is 12.2 Å². The van der Waals surface area contributed by atoms with Gasteiger partial charge in [0.25, 0.3) is 0 Å². The average molecular weight is 242 g/mol. The highest BCUT2D eigenvalue weighted by atomic mass is 16.5. The topological polar surface area (TPSA) is 38.5 Å². The third-order valence-corrected chi connectivity index (χ3v) is 4.27. The number of rotatable bonds is 7. The minimum absolute atomic E-state index is 0.0142. The molecule has 0 saturated heterocycles. The maximum absolute atomic E-state index is 6.14. The van der Waals surface area contributed by atoms with Crippen molar-refractivity contribution in [2.75, 3.05) is 32.8 Å². The molecular weight excluding hydrogens is 212 g/mol. The van der Waals surface area contributed by atoms with Crippen LogP contribution in [-0.4, -0.2) is 43.3 Å². The number of nitrogens with two attached hydrogens (primary N) is 1. The zero-order valence-corrected chi connectivity index (χ0v) is 11.9. The van der Waals surface area contributed by atoms with Crippen LogP contribution in [0.3, 0.4) is 0 Å². The molecule has 0 bridgehead atoms. The molecule has 0 aliphatic heterocycles. The van der Waals surface area contributed by atoms with Gasteiger partial charge in [-0.15, -0.1) is 0 Å². The summed E-state index contributed by atoms with van der Waals surface area (Å²) in [5.74, 6) is 0.848.